The molecule has 0 saturated heterocycles. The van der Waals surface area contributed by atoms with Gasteiger partial charge in [-0.15, -0.1) is 22.7 Å². The predicted octanol–water partition coefficient (Wildman–Crippen LogP) is 2.81. The Kier molecular flexibility index (Phi) is 4.86. The van der Waals surface area contributed by atoms with Crippen molar-refractivity contribution in [3.05, 3.63) is 28.6 Å². The number of amides is 1. The van der Waals surface area contributed by atoms with Gasteiger partial charge in [-0.2, -0.15) is 0 Å². The highest BCUT2D eigenvalue weighted by atomic mass is 32.1. The Balaban J connectivity index is 2.17. The third-order valence-electron chi connectivity index (χ3n) is 2.56. The van der Waals surface area contributed by atoms with Crippen LogP contribution in [-0.2, 0) is 4.79 Å². The van der Waals surface area contributed by atoms with Crippen LogP contribution in [0.4, 0.5) is 0 Å². The Morgan fingerprint density at radius 2 is 2.20 bits per heavy atom. The standard InChI is InChI=1S/C13H14N2O3S2/c1-2-5-15(7-11(16)17)13(18)9-8-20-12(14-9)10-4-3-6-19-10/h3-4,6,8H,2,5,7H2,1H3,(H,16,17). The van der Waals surface area contributed by atoms with Gasteiger partial charge in [0, 0.05) is 11.9 Å². The maximum Gasteiger partial charge on any atom is 0.323 e. The van der Waals surface area contributed by atoms with E-state index in [1.807, 2.05) is 24.4 Å². The average Bonchev–Trinajstić information content (AvgIpc) is 3.07. The molecule has 1 amide bonds. The Hall–Kier alpha value is -1.73. The van der Waals surface area contributed by atoms with Crippen molar-refractivity contribution in [2.24, 2.45) is 0 Å². The molecule has 0 radical (unpaired) electrons. The number of hydrogen-bond acceptors (Lipinski definition) is 5. The van der Waals surface area contributed by atoms with E-state index >= 15 is 0 Å². The number of carbonyl (C=O) groups excluding carboxylic acids is 1. The van der Waals surface area contributed by atoms with Gasteiger partial charge in [0.2, 0.25) is 0 Å². The zero-order chi connectivity index (χ0) is 14.5. The van der Waals surface area contributed by atoms with E-state index in [-0.39, 0.29) is 12.5 Å². The number of aromatic nitrogens is 1. The maximum atomic E-state index is 12.3. The first-order valence-electron chi connectivity index (χ1n) is 6.12. The molecule has 0 aliphatic carbocycles. The van der Waals surface area contributed by atoms with Gasteiger partial charge < -0.3 is 10.0 Å². The van der Waals surface area contributed by atoms with Gasteiger partial charge in [0.05, 0.1) is 4.88 Å². The van der Waals surface area contributed by atoms with Crippen LogP contribution in [0.5, 0.6) is 0 Å². The lowest BCUT2D eigenvalue weighted by Gasteiger charge is -2.18. The second-order valence-electron chi connectivity index (χ2n) is 4.14. The van der Waals surface area contributed by atoms with Gasteiger partial charge in [0.1, 0.15) is 17.2 Å². The fraction of sp³-hybridized carbons (Fsp3) is 0.308. The molecule has 0 bridgehead atoms. The van der Waals surface area contributed by atoms with E-state index in [2.05, 4.69) is 4.98 Å². The summed E-state index contributed by atoms with van der Waals surface area (Å²) in [6, 6.07) is 3.87. The van der Waals surface area contributed by atoms with Gasteiger partial charge in [-0.25, -0.2) is 4.98 Å². The minimum Gasteiger partial charge on any atom is -0.480 e. The molecule has 2 heterocycles. The number of carboxylic acid groups (broad SMARTS) is 1. The average molecular weight is 310 g/mol. The van der Waals surface area contributed by atoms with Crippen LogP contribution in [0, 0.1) is 0 Å². The number of aliphatic carboxylic acids is 1. The molecule has 0 fully saturated rings. The van der Waals surface area contributed by atoms with E-state index in [0.29, 0.717) is 18.7 Å². The normalized spacial score (nSPS) is 10.4. The van der Waals surface area contributed by atoms with E-state index in [1.165, 1.54) is 16.2 Å². The van der Waals surface area contributed by atoms with E-state index in [4.69, 9.17) is 5.11 Å². The largest absolute Gasteiger partial charge is 0.480 e. The summed E-state index contributed by atoms with van der Waals surface area (Å²) in [5.74, 6) is -1.34. The maximum absolute atomic E-state index is 12.3. The lowest BCUT2D eigenvalue weighted by atomic mass is 10.3. The number of carboxylic acids is 1. The van der Waals surface area contributed by atoms with Crippen LogP contribution in [0.15, 0.2) is 22.9 Å². The van der Waals surface area contributed by atoms with Crippen LogP contribution in [0.1, 0.15) is 23.8 Å². The minimum atomic E-state index is -1.01. The fourth-order valence-electron chi connectivity index (χ4n) is 1.73. The molecule has 0 aliphatic rings. The van der Waals surface area contributed by atoms with Crippen molar-refractivity contribution in [2.45, 2.75) is 13.3 Å². The van der Waals surface area contributed by atoms with Crippen LogP contribution < -0.4 is 0 Å². The second-order valence-corrected chi connectivity index (χ2v) is 5.94. The molecular formula is C13H14N2O3S2. The molecule has 0 spiro atoms. The first kappa shape index (κ1) is 14.7. The van der Waals surface area contributed by atoms with E-state index in [0.717, 1.165) is 9.88 Å². The molecule has 106 valence electrons. The monoisotopic (exact) mass is 310 g/mol. The second kappa shape index (κ2) is 6.62. The van der Waals surface area contributed by atoms with E-state index < -0.39 is 5.97 Å². The summed E-state index contributed by atoms with van der Waals surface area (Å²) in [5.41, 5.74) is 0.313. The molecule has 0 aliphatic heterocycles. The Bertz CT molecular complexity index is 593. The van der Waals surface area contributed by atoms with Gasteiger partial charge in [0.15, 0.2) is 0 Å². The summed E-state index contributed by atoms with van der Waals surface area (Å²) in [6.07, 6.45) is 0.709. The van der Waals surface area contributed by atoms with Crippen LogP contribution in [0.3, 0.4) is 0 Å². The lowest BCUT2D eigenvalue weighted by Crippen LogP contribution is -2.36. The third-order valence-corrected chi connectivity index (χ3v) is 4.44. The zero-order valence-electron chi connectivity index (χ0n) is 10.9. The van der Waals surface area contributed by atoms with Crippen LogP contribution >= 0.6 is 22.7 Å². The highest BCUT2D eigenvalue weighted by molar-refractivity contribution is 7.20. The third kappa shape index (κ3) is 3.43. The summed E-state index contributed by atoms with van der Waals surface area (Å²) >= 11 is 2.95. The number of hydrogen-bond donors (Lipinski definition) is 1. The van der Waals surface area contributed by atoms with Gasteiger partial charge in [-0.05, 0) is 17.9 Å². The van der Waals surface area contributed by atoms with Crippen molar-refractivity contribution in [3.8, 4) is 9.88 Å². The van der Waals surface area contributed by atoms with Crippen molar-refractivity contribution in [2.75, 3.05) is 13.1 Å². The van der Waals surface area contributed by atoms with Crippen LogP contribution in [-0.4, -0.2) is 40.0 Å². The number of thiazole rings is 1. The van der Waals surface area contributed by atoms with Gasteiger partial charge in [0.25, 0.3) is 5.91 Å². The number of carbonyl (C=O) groups is 2. The number of thiophene rings is 1. The molecule has 0 aromatic carbocycles. The molecule has 2 aromatic rings. The predicted molar refractivity (Wildman–Crippen MR) is 79.3 cm³/mol. The van der Waals surface area contributed by atoms with Crippen LogP contribution in [0.25, 0.3) is 9.88 Å². The minimum absolute atomic E-state index is 0.293. The molecule has 1 N–H and O–H groups in total. The van der Waals surface area contributed by atoms with Crippen molar-refractivity contribution >= 4 is 34.6 Å². The van der Waals surface area contributed by atoms with Crippen molar-refractivity contribution in [1.29, 1.82) is 0 Å². The van der Waals surface area contributed by atoms with Crippen molar-refractivity contribution in [1.82, 2.24) is 9.88 Å². The van der Waals surface area contributed by atoms with E-state index in [1.54, 1.807) is 16.7 Å². The molecular weight excluding hydrogens is 296 g/mol. The first-order chi connectivity index (χ1) is 9.61. The highest BCUT2D eigenvalue weighted by Gasteiger charge is 2.20. The fourth-order valence-corrected chi connectivity index (χ4v) is 3.34. The zero-order valence-corrected chi connectivity index (χ0v) is 12.5. The van der Waals surface area contributed by atoms with Gasteiger partial charge in [-0.1, -0.05) is 13.0 Å². The number of rotatable bonds is 6. The van der Waals surface area contributed by atoms with Gasteiger partial charge in [-0.3, -0.25) is 9.59 Å². The molecule has 7 heteroatoms. The highest BCUT2D eigenvalue weighted by Crippen LogP contribution is 2.28. The summed E-state index contributed by atoms with van der Waals surface area (Å²) in [6.45, 7) is 2.02. The number of nitrogens with zero attached hydrogens (tertiary/aromatic N) is 2. The molecule has 5 nitrogen and oxygen atoms in total. The molecule has 0 saturated carbocycles. The first-order valence-corrected chi connectivity index (χ1v) is 7.88. The summed E-state index contributed by atoms with van der Waals surface area (Å²) in [4.78, 5) is 29.7. The molecule has 2 rings (SSSR count). The summed E-state index contributed by atoms with van der Waals surface area (Å²) in [7, 11) is 0. The van der Waals surface area contributed by atoms with Crippen LogP contribution in [0.2, 0.25) is 0 Å². The molecule has 2 aromatic heterocycles. The van der Waals surface area contributed by atoms with Crippen molar-refractivity contribution in [3.63, 3.8) is 0 Å². The molecule has 0 atom stereocenters. The Labute approximate surface area is 124 Å². The topological polar surface area (TPSA) is 70.5 Å². The molecule has 20 heavy (non-hydrogen) atoms. The molecule has 0 unspecified atom stereocenters. The van der Waals surface area contributed by atoms with E-state index in [9.17, 15) is 9.59 Å². The summed E-state index contributed by atoms with van der Waals surface area (Å²) < 4.78 is 0. The summed E-state index contributed by atoms with van der Waals surface area (Å²) in [5, 5.41) is 13.3. The van der Waals surface area contributed by atoms with Crippen molar-refractivity contribution < 1.29 is 14.7 Å². The SMILES string of the molecule is CCCN(CC(=O)O)C(=O)c1csc(-c2cccs2)n1. The smallest absolute Gasteiger partial charge is 0.323 e. The Morgan fingerprint density at radius 1 is 1.40 bits per heavy atom. The Morgan fingerprint density at radius 3 is 2.80 bits per heavy atom. The lowest BCUT2D eigenvalue weighted by molar-refractivity contribution is -0.137. The van der Waals surface area contributed by atoms with Gasteiger partial charge >= 0.3 is 5.97 Å². The quantitative estimate of drug-likeness (QED) is 0.890.